The van der Waals surface area contributed by atoms with Crippen molar-refractivity contribution in [2.75, 3.05) is 6.54 Å². The van der Waals surface area contributed by atoms with Gasteiger partial charge in [-0.05, 0) is 18.2 Å². The molecule has 9 nitrogen and oxygen atoms in total. The molecule has 0 bridgehead atoms. The fourth-order valence-corrected chi connectivity index (χ4v) is 2.52. The second-order valence-corrected chi connectivity index (χ2v) is 5.85. The van der Waals surface area contributed by atoms with Gasteiger partial charge < -0.3 is 20.4 Å². The Balaban J connectivity index is 2.91. The van der Waals surface area contributed by atoms with Gasteiger partial charge in [-0.3, -0.25) is 4.79 Å². The fraction of sp³-hybridized carbons (Fsp3) is 0.273. The van der Waals surface area contributed by atoms with Crippen molar-refractivity contribution in [2.45, 2.75) is 17.4 Å². The van der Waals surface area contributed by atoms with E-state index in [1.807, 2.05) is 4.72 Å². The van der Waals surface area contributed by atoms with Gasteiger partial charge in [0.2, 0.25) is 10.0 Å². The van der Waals surface area contributed by atoms with Crippen molar-refractivity contribution in [2.24, 2.45) is 0 Å². The van der Waals surface area contributed by atoms with Crippen LogP contribution in [-0.4, -0.2) is 53.4 Å². The summed E-state index contributed by atoms with van der Waals surface area (Å²) in [5.41, 5.74) is -0.594. The number of rotatable bonds is 7. The number of aliphatic hydroxyl groups excluding tert-OH is 1. The van der Waals surface area contributed by atoms with Gasteiger partial charge in [0.15, 0.2) is 0 Å². The SMILES string of the molecule is O=C(O)C[C@@H](O)CNS(=O)(=O)c1ccc(O)c(C(=O)O)c1. The van der Waals surface area contributed by atoms with Gasteiger partial charge >= 0.3 is 11.9 Å². The summed E-state index contributed by atoms with van der Waals surface area (Å²) >= 11 is 0. The maximum absolute atomic E-state index is 11.9. The lowest BCUT2D eigenvalue weighted by Gasteiger charge is -2.11. The predicted molar refractivity (Wildman–Crippen MR) is 68.5 cm³/mol. The molecule has 0 unspecified atom stereocenters. The molecule has 1 atom stereocenters. The molecule has 0 saturated carbocycles. The zero-order valence-electron chi connectivity index (χ0n) is 10.6. The lowest BCUT2D eigenvalue weighted by Crippen LogP contribution is -2.33. The van der Waals surface area contributed by atoms with Crippen LogP contribution in [0.5, 0.6) is 5.75 Å². The number of carboxylic acid groups (broad SMARTS) is 2. The number of carbonyl (C=O) groups is 2. The van der Waals surface area contributed by atoms with E-state index in [1.54, 1.807) is 0 Å². The Bertz CT molecular complexity index is 654. The van der Waals surface area contributed by atoms with Gasteiger partial charge in [-0.1, -0.05) is 0 Å². The minimum absolute atomic E-state index is 0.430. The molecule has 1 aromatic carbocycles. The van der Waals surface area contributed by atoms with Crippen LogP contribution in [0.2, 0.25) is 0 Å². The van der Waals surface area contributed by atoms with Gasteiger partial charge in [-0.15, -0.1) is 0 Å². The first-order valence-corrected chi connectivity index (χ1v) is 7.07. The van der Waals surface area contributed by atoms with Gasteiger partial charge in [-0.25, -0.2) is 17.9 Å². The summed E-state index contributed by atoms with van der Waals surface area (Å²) in [6.07, 6.45) is -2.06. The van der Waals surface area contributed by atoms with Crippen LogP contribution >= 0.6 is 0 Å². The van der Waals surface area contributed by atoms with E-state index in [1.165, 1.54) is 0 Å². The Hall–Kier alpha value is -2.17. The molecule has 10 heteroatoms. The highest BCUT2D eigenvalue weighted by Gasteiger charge is 2.20. The van der Waals surface area contributed by atoms with Gasteiger partial charge in [0.05, 0.1) is 17.4 Å². The van der Waals surface area contributed by atoms with Crippen LogP contribution in [-0.2, 0) is 14.8 Å². The number of phenols is 1. The van der Waals surface area contributed by atoms with Crippen LogP contribution in [0.1, 0.15) is 16.8 Å². The Morgan fingerprint density at radius 3 is 2.38 bits per heavy atom. The molecule has 116 valence electrons. The molecule has 1 aromatic rings. The first-order chi connectivity index (χ1) is 9.63. The third-order valence-electron chi connectivity index (χ3n) is 2.43. The minimum atomic E-state index is -4.14. The highest BCUT2D eigenvalue weighted by Crippen LogP contribution is 2.21. The van der Waals surface area contributed by atoms with E-state index in [-0.39, 0.29) is 0 Å². The summed E-state index contributed by atoms with van der Waals surface area (Å²) in [5, 5.41) is 35.8. The number of aliphatic hydroxyl groups is 1. The fourth-order valence-electron chi connectivity index (χ4n) is 1.42. The number of hydrogen-bond acceptors (Lipinski definition) is 6. The van der Waals surface area contributed by atoms with Crippen LogP contribution in [0.4, 0.5) is 0 Å². The standard InChI is InChI=1S/C11H13NO8S/c13-6(3-10(15)16)5-12-21(19,20)7-1-2-9(14)8(4-7)11(17)18/h1-2,4,6,12-14H,3,5H2,(H,15,16)(H,17,18)/t6-/m1/s1. The Kier molecular flexibility index (Phi) is 5.24. The van der Waals surface area contributed by atoms with Crippen molar-refractivity contribution in [1.29, 1.82) is 0 Å². The average molecular weight is 319 g/mol. The van der Waals surface area contributed by atoms with Crippen LogP contribution in [0.15, 0.2) is 23.1 Å². The number of benzene rings is 1. The molecule has 21 heavy (non-hydrogen) atoms. The van der Waals surface area contributed by atoms with Crippen molar-refractivity contribution in [3.8, 4) is 5.75 Å². The summed E-state index contributed by atoms with van der Waals surface area (Å²) in [6, 6.07) is 2.64. The number of aromatic hydroxyl groups is 1. The van der Waals surface area contributed by atoms with Gasteiger partial charge in [0, 0.05) is 6.54 Å². The van der Waals surface area contributed by atoms with Crippen LogP contribution in [0.3, 0.4) is 0 Å². The smallest absolute Gasteiger partial charge is 0.339 e. The highest BCUT2D eigenvalue weighted by molar-refractivity contribution is 7.89. The Morgan fingerprint density at radius 1 is 1.24 bits per heavy atom. The minimum Gasteiger partial charge on any atom is -0.507 e. The third kappa shape index (κ3) is 4.70. The summed E-state index contributed by atoms with van der Waals surface area (Å²) in [4.78, 5) is 20.7. The predicted octanol–water partition coefficient (Wildman–Crippen LogP) is -0.796. The van der Waals surface area contributed by atoms with Gasteiger partial charge in [0.1, 0.15) is 11.3 Å². The number of aromatic carboxylic acids is 1. The van der Waals surface area contributed by atoms with Crippen LogP contribution < -0.4 is 4.72 Å². The summed E-state index contributed by atoms with van der Waals surface area (Å²) in [6.45, 7) is -0.544. The molecule has 0 aliphatic rings. The number of sulfonamides is 1. The summed E-state index contributed by atoms with van der Waals surface area (Å²) in [7, 11) is -4.14. The molecule has 0 heterocycles. The lowest BCUT2D eigenvalue weighted by molar-refractivity contribution is -0.139. The second-order valence-electron chi connectivity index (χ2n) is 4.09. The Labute approximate surface area is 119 Å². The van der Waals surface area contributed by atoms with E-state index >= 15 is 0 Å². The van der Waals surface area contributed by atoms with Crippen molar-refractivity contribution in [3.05, 3.63) is 23.8 Å². The zero-order chi connectivity index (χ0) is 16.2. The number of aliphatic carboxylic acids is 1. The topological polar surface area (TPSA) is 161 Å². The van der Waals surface area contributed by atoms with Crippen molar-refractivity contribution < 1.29 is 38.4 Å². The van der Waals surface area contributed by atoms with E-state index in [9.17, 15) is 28.2 Å². The molecule has 0 radical (unpaired) electrons. The van der Waals surface area contributed by atoms with E-state index in [4.69, 9.17) is 10.2 Å². The first kappa shape index (κ1) is 16.9. The monoisotopic (exact) mass is 319 g/mol. The molecule has 0 saturated heterocycles. The second kappa shape index (κ2) is 6.52. The quantitative estimate of drug-likeness (QED) is 0.436. The normalized spacial score (nSPS) is 12.8. The Morgan fingerprint density at radius 2 is 1.86 bits per heavy atom. The third-order valence-corrected chi connectivity index (χ3v) is 3.85. The van der Waals surface area contributed by atoms with Gasteiger partial charge in [0.25, 0.3) is 0 Å². The molecule has 0 aliphatic carbocycles. The lowest BCUT2D eigenvalue weighted by atomic mass is 10.2. The van der Waals surface area contributed by atoms with E-state index in [2.05, 4.69) is 0 Å². The molecule has 0 spiro atoms. The van der Waals surface area contributed by atoms with E-state index in [0.29, 0.717) is 0 Å². The molecule has 0 amide bonds. The number of carboxylic acids is 2. The maximum atomic E-state index is 11.9. The number of nitrogens with one attached hydrogen (secondary N) is 1. The average Bonchev–Trinajstić information content (AvgIpc) is 2.35. The highest BCUT2D eigenvalue weighted by atomic mass is 32.2. The molecular weight excluding hydrogens is 306 g/mol. The summed E-state index contributed by atoms with van der Waals surface area (Å²) < 4.78 is 25.7. The van der Waals surface area contributed by atoms with E-state index < -0.39 is 57.2 Å². The molecule has 1 rings (SSSR count). The maximum Gasteiger partial charge on any atom is 0.339 e. The molecule has 0 fully saturated rings. The largest absolute Gasteiger partial charge is 0.507 e. The van der Waals surface area contributed by atoms with Crippen LogP contribution in [0.25, 0.3) is 0 Å². The van der Waals surface area contributed by atoms with E-state index in [0.717, 1.165) is 18.2 Å². The van der Waals surface area contributed by atoms with Gasteiger partial charge in [-0.2, -0.15) is 0 Å². The molecular formula is C11H13NO8S. The van der Waals surface area contributed by atoms with Crippen molar-refractivity contribution >= 4 is 22.0 Å². The molecule has 0 aliphatic heterocycles. The zero-order valence-corrected chi connectivity index (χ0v) is 11.4. The molecule has 5 N–H and O–H groups in total. The van der Waals surface area contributed by atoms with Crippen molar-refractivity contribution in [3.63, 3.8) is 0 Å². The number of hydrogen-bond donors (Lipinski definition) is 5. The summed E-state index contributed by atoms with van der Waals surface area (Å²) in [5.74, 6) is -3.39. The first-order valence-electron chi connectivity index (χ1n) is 5.59. The van der Waals surface area contributed by atoms with Crippen molar-refractivity contribution in [1.82, 2.24) is 4.72 Å². The van der Waals surface area contributed by atoms with Crippen LogP contribution in [0, 0.1) is 0 Å². The molecule has 0 aromatic heterocycles.